The van der Waals surface area contributed by atoms with Crippen LogP contribution in [0.25, 0.3) is 0 Å². The Kier molecular flexibility index (Phi) is 2.83. The molecule has 4 aliphatic carbocycles. The first-order valence-electron chi connectivity index (χ1n) is 7.54. The summed E-state index contributed by atoms with van der Waals surface area (Å²) in [5.74, 6) is 1.68. The highest BCUT2D eigenvalue weighted by Crippen LogP contribution is 2.62. The van der Waals surface area contributed by atoms with Gasteiger partial charge in [-0.2, -0.15) is 0 Å². The Morgan fingerprint density at radius 2 is 1.89 bits per heavy atom. The molecule has 1 amide bonds. The fourth-order valence-electron chi connectivity index (χ4n) is 5.40. The van der Waals surface area contributed by atoms with E-state index in [1.54, 1.807) is 0 Å². The Morgan fingerprint density at radius 1 is 1.22 bits per heavy atom. The van der Waals surface area contributed by atoms with E-state index in [0.717, 1.165) is 11.8 Å². The third-order valence-electron chi connectivity index (χ3n) is 5.57. The van der Waals surface area contributed by atoms with E-state index in [1.165, 1.54) is 44.9 Å². The monoisotopic (exact) mass is 251 g/mol. The molecule has 0 heterocycles. The SMILES string of the molecule is CCOC(=O)NC12CC3CC(CC(CC)(C3)C1)C2. The molecule has 0 radical (unpaired) electrons. The van der Waals surface area contributed by atoms with Crippen molar-refractivity contribution >= 4 is 6.09 Å². The van der Waals surface area contributed by atoms with Crippen LogP contribution in [0.2, 0.25) is 0 Å². The molecular weight excluding hydrogens is 226 g/mol. The molecule has 3 nitrogen and oxygen atoms in total. The number of nitrogens with one attached hydrogen (secondary N) is 1. The van der Waals surface area contributed by atoms with Crippen molar-refractivity contribution in [3.63, 3.8) is 0 Å². The summed E-state index contributed by atoms with van der Waals surface area (Å²) in [6, 6.07) is 0. The first kappa shape index (κ1) is 12.3. The minimum Gasteiger partial charge on any atom is -0.450 e. The second-order valence-corrected chi connectivity index (χ2v) is 6.94. The molecule has 4 fully saturated rings. The summed E-state index contributed by atoms with van der Waals surface area (Å²) in [4.78, 5) is 11.8. The van der Waals surface area contributed by atoms with E-state index in [2.05, 4.69) is 12.2 Å². The lowest BCUT2D eigenvalue weighted by molar-refractivity contribution is -0.0811. The van der Waals surface area contributed by atoms with Crippen LogP contribution < -0.4 is 5.32 Å². The highest BCUT2D eigenvalue weighted by molar-refractivity contribution is 5.68. The highest BCUT2D eigenvalue weighted by atomic mass is 16.5. The molecule has 4 saturated carbocycles. The van der Waals surface area contributed by atoms with Crippen LogP contribution >= 0.6 is 0 Å². The predicted octanol–water partition coefficient (Wildman–Crippen LogP) is 3.48. The van der Waals surface area contributed by atoms with E-state index < -0.39 is 0 Å². The van der Waals surface area contributed by atoms with Crippen molar-refractivity contribution in [1.82, 2.24) is 5.32 Å². The third-order valence-corrected chi connectivity index (χ3v) is 5.57. The average Bonchev–Trinajstić information content (AvgIpc) is 2.26. The molecule has 0 aliphatic heterocycles. The number of amides is 1. The van der Waals surface area contributed by atoms with Crippen LogP contribution in [0.15, 0.2) is 0 Å². The van der Waals surface area contributed by atoms with Gasteiger partial charge >= 0.3 is 6.09 Å². The van der Waals surface area contributed by atoms with E-state index in [1.807, 2.05) is 6.92 Å². The van der Waals surface area contributed by atoms with Gasteiger partial charge in [0.2, 0.25) is 0 Å². The molecule has 4 aliphatic rings. The zero-order valence-corrected chi connectivity index (χ0v) is 11.6. The first-order chi connectivity index (χ1) is 8.59. The lowest BCUT2D eigenvalue weighted by Gasteiger charge is -2.62. The topological polar surface area (TPSA) is 38.3 Å². The molecule has 2 atom stereocenters. The van der Waals surface area contributed by atoms with Gasteiger partial charge in [-0.3, -0.25) is 0 Å². The van der Waals surface area contributed by atoms with E-state index in [9.17, 15) is 4.79 Å². The quantitative estimate of drug-likeness (QED) is 0.834. The normalized spacial score (nSPS) is 45.0. The van der Waals surface area contributed by atoms with Crippen LogP contribution in [0, 0.1) is 17.3 Å². The Morgan fingerprint density at radius 3 is 2.44 bits per heavy atom. The molecule has 1 N–H and O–H groups in total. The van der Waals surface area contributed by atoms with Gasteiger partial charge in [0.05, 0.1) is 6.61 Å². The van der Waals surface area contributed by atoms with Gasteiger partial charge in [0.1, 0.15) is 0 Å². The molecule has 18 heavy (non-hydrogen) atoms. The van der Waals surface area contributed by atoms with Gasteiger partial charge in [0.15, 0.2) is 0 Å². The van der Waals surface area contributed by atoms with Crippen LogP contribution in [-0.2, 0) is 4.74 Å². The van der Waals surface area contributed by atoms with Crippen LogP contribution in [0.4, 0.5) is 4.79 Å². The maximum Gasteiger partial charge on any atom is 0.407 e. The lowest BCUT2D eigenvalue weighted by atomic mass is 9.46. The summed E-state index contributed by atoms with van der Waals surface area (Å²) in [7, 11) is 0. The van der Waals surface area contributed by atoms with Gasteiger partial charge in [-0.05, 0) is 62.7 Å². The average molecular weight is 251 g/mol. The van der Waals surface area contributed by atoms with Gasteiger partial charge in [-0.1, -0.05) is 13.3 Å². The zero-order chi connectivity index (χ0) is 12.8. The molecule has 0 spiro atoms. The molecule has 102 valence electrons. The summed E-state index contributed by atoms with van der Waals surface area (Å²) in [5, 5.41) is 3.22. The fraction of sp³-hybridized carbons (Fsp3) is 0.933. The van der Waals surface area contributed by atoms with E-state index in [0.29, 0.717) is 12.0 Å². The Balaban J connectivity index is 1.78. The fourth-order valence-corrected chi connectivity index (χ4v) is 5.40. The maximum atomic E-state index is 11.8. The lowest BCUT2D eigenvalue weighted by Crippen LogP contribution is -2.63. The first-order valence-corrected chi connectivity index (χ1v) is 7.54. The van der Waals surface area contributed by atoms with E-state index in [4.69, 9.17) is 4.74 Å². The van der Waals surface area contributed by atoms with Gasteiger partial charge in [0.25, 0.3) is 0 Å². The molecule has 3 heteroatoms. The number of alkyl carbamates (subject to hydrolysis) is 1. The Bertz CT molecular complexity index is 338. The molecule has 0 aromatic rings. The molecule has 2 unspecified atom stereocenters. The summed E-state index contributed by atoms with van der Waals surface area (Å²) in [6.07, 6.45) is 8.81. The Hall–Kier alpha value is -0.730. The summed E-state index contributed by atoms with van der Waals surface area (Å²) < 4.78 is 5.10. The van der Waals surface area contributed by atoms with Crippen molar-refractivity contribution in [2.75, 3.05) is 6.61 Å². The third kappa shape index (κ3) is 1.92. The van der Waals surface area contributed by atoms with Crippen LogP contribution in [0.3, 0.4) is 0 Å². The van der Waals surface area contributed by atoms with E-state index in [-0.39, 0.29) is 11.6 Å². The zero-order valence-electron chi connectivity index (χ0n) is 11.6. The number of hydrogen-bond donors (Lipinski definition) is 1. The molecule has 0 aromatic heterocycles. The largest absolute Gasteiger partial charge is 0.450 e. The minimum absolute atomic E-state index is 0.0619. The molecular formula is C15H25NO2. The highest BCUT2D eigenvalue weighted by Gasteiger charge is 2.57. The number of carbonyl (C=O) groups is 1. The molecule has 0 saturated heterocycles. The number of ether oxygens (including phenoxy) is 1. The van der Waals surface area contributed by atoms with Crippen molar-refractivity contribution in [3.05, 3.63) is 0 Å². The minimum atomic E-state index is -0.203. The molecule has 0 aromatic carbocycles. The van der Waals surface area contributed by atoms with Crippen molar-refractivity contribution in [3.8, 4) is 0 Å². The number of carbonyl (C=O) groups excluding carboxylic acids is 1. The van der Waals surface area contributed by atoms with Crippen molar-refractivity contribution in [2.45, 2.75) is 64.3 Å². The smallest absolute Gasteiger partial charge is 0.407 e. The molecule has 4 bridgehead atoms. The van der Waals surface area contributed by atoms with Gasteiger partial charge < -0.3 is 10.1 Å². The summed E-state index contributed by atoms with van der Waals surface area (Å²) >= 11 is 0. The second-order valence-electron chi connectivity index (χ2n) is 6.94. The van der Waals surface area contributed by atoms with Crippen molar-refractivity contribution < 1.29 is 9.53 Å². The predicted molar refractivity (Wildman–Crippen MR) is 70.3 cm³/mol. The van der Waals surface area contributed by atoms with Gasteiger partial charge in [-0.25, -0.2) is 4.79 Å². The second kappa shape index (κ2) is 4.14. The summed E-state index contributed by atoms with van der Waals surface area (Å²) in [6.45, 7) is 4.66. The summed E-state index contributed by atoms with van der Waals surface area (Å²) in [5.41, 5.74) is 0.579. The number of rotatable bonds is 3. The standard InChI is InChI=1S/C15H25NO2/c1-3-14-6-11-5-12(7-14)9-15(8-11,10-14)16-13(17)18-4-2/h11-12H,3-10H2,1-2H3,(H,16,17). The number of hydrogen-bond acceptors (Lipinski definition) is 2. The molecule has 4 rings (SSSR count). The van der Waals surface area contributed by atoms with Crippen molar-refractivity contribution in [2.24, 2.45) is 17.3 Å². The van der Waals surface area contributed by atoms with Crippen molar-refractivity contribution in [1.29, 1.82) is 0 Å². The van der Waals surface area contributed by atoms with E-state index >= 15 is 0 Å². The van der Waals surface area contributed by atoms with Gasteiger partial charge in [-0.15, -0.1) is 0 Å². The van der Waals surface area contributed by atoms with Crippen LogP contribution in [0.1, 0.15) is 58.8 Å². The Labute approximate surface area is 110 Å². The van der Waals surface area contributed by atoms with Crippen LogP contribution in [0.5, 0.6) is 0 Å². The maximum absolute atomic E-state index is 11.8. The van der Waals surface area contributed by atoms with Gasteiger partial charge in [0, 0.05) is 5.54 Å². The van der Waals surface area contributed by atoms with Crippen LogP contribution in [-0.4, -0.2) is 18.2 Å².